The Hall–Kier alpha value is -3.92. The van der Waals surface area contributed by atoms with E-state index >= 15 is 0 Å². The van der Waals surface area contributed by atoms with Crippen molar-refractivity contribution in [3.63, 3.8) is 0 Å². The van der Waals surface area contributed by atoms with Crippen molar-refractivity contribution in [2.75, 3.05) is 11.9 Å². The van der Waals surface area contributed by atoms with Crippen LogP contribution in [0.4, 0.5) is 5.95 Å². The van der Waals surface area contributed by atoms with Crippen LogP contribution in [-0.4, -0.2) is 55.8 Å². The molecule has 0 radical (unpaired) electrons. The second-order valence-electron chi connectivity index (χ2n) is 7.94. The van der Waals surface area contributed by atoms with Crippen LogP contribution in [0.1, 0.15) is 40.3 Å². The molecule has 1 amide bonds. The maximum Gasteiger partial charge on any atom is 0.333 e. The number of nitrogens with one attached hydrogen (secondary N) is 2. The van der Waals surface area contributed by atoms with E-state index in [1.165, 1.54) is 20.8 Å². The van der Waals surface area contributed by atoms with Crippen molar-refractivity contribution in [3.8, 4) is 12.3 Å². The van der Waals surface area contributed by atoms with E-state index in [0.717, 1.165) is 9.13 Å². The number of imidazole rings is 1. The number of anilines is 1. The zero-order valence-electron chi connectivity index (χ0n) is 19.1. The quantitative estimate of drug-likeness (QED) is 0.411. The molecule has 13 nitrogen and oxygen atoms in total. The van der Waals surface area contributed by atoms with Crippen LogP contribution in [0.15, 0.2) is 9.59 Å². The summed E-state index contributed by atoms with van der Waals surface area (Å²) in [4.78, 5) is 67.2. The Bertz CT molecular complexity index is 1280. The number of aromatic nitrogens is 4. The Morgan fingerprint density at radius 2 is 2.00 bits per heavy atom. The molecule has 2 aromatic rings. The molecule has 1 aliphatic heterocycles. The van der Waals surface area contributed by atoms with Gasteiger partial charge in [-0.05, 0) is 0 Å². The number of hydrogen-bond donors (Lipinski definition) is 2. The highest BCUT2D eigenvalue weighted by Crippen LogP contribution is 2.35. The first-order valence-corrected chi connectivity index (χ1v) is 10.5. The molecular weight excluding hydrogens is 450 g/mol. The van der Waals surface area contributed by atoms with Crippen molar-refractivity contribution in [2.45, 2.75) is 59.1 Å². The smallest absolute Gasteiger partial charge is 0.333 e. The zero-order valence-corrected chi connectivity index (χ0v) is 19.1. The number of H-pyrrole nitrogens is 1. The second-order valence-corrected chi connectivity index (χ2v) is 7.94. The summed E-state index contributed by atoms with van der Waals surface area (Å²) in [7, 11) is 0. The lowest BCUT2D eigenvalue weighted by Gasteiger charge is -2.20. The molecule has 182 valence electrons. The highest BCUT2D eigenvalue weighted by Gasteiger charge is 2.43. The Morgan fingerprint density at radius 1 is 1.29 bits per heavy atom. The fourth-order valence-electron chi connectivity index (χ4n) is 3.81. The molecule has 0 aromatic carbocycles. The van der Waals surface area contributed by atoms with E-state index in [1.54, 1.807) is 6.92 Å². The third kappa shape index (κ3) is 5.01. The van der Waals surface area contributed by atoms with Gasteiger partial charge < -0.3 is 14.2 Å². The molecule has 3 rings (SSSR count). The van der Waals surface area contributed by atoms with Gasteiger partial charge in [-0.15, -0.1) is 6.42 Å². The summed E-state index contributed by atoms with van der Waals surface area (Å²) in [6.45, 7) is 5.33. The lowest BCUT2D eigenvalue weighted by molar-refractivity contribution is -0.153. The van der Waals surface area contributed by atoms with Gasteiger partial charge in [0.25, 0.3) is 5.56 Å². The molecule has 0 unspecified atom stereocenters. The van der Waals surface area contributed by atoms with Crippen molar-refractivity contribution in [1.82, 2.24) is 19.1 Å². The van der Waals surface area contributed by atoms with Crippen LogP contribution in [0.3, 0.4) is 0 Å². The number of fused-ring (bicyclic) bond motifs is 1. The molecule has 2 aromatic heterocycles. The molecule has 34 heavy (non-hydrogen) atoms. The van der Waals surface area contributed by atoms with Gasteiger partial charge in [-0.25, -0.2) is 9.36 Å². The van der Waals surface area contributed by atoms with E-state index in [9.17, 15) is 24.0 Å². The highest BCUT2D eigenvalue weighted by atomic mass is 16.6. The van der Waals surface area contributed by atoms with Gasteiger partial charge in [-0.3, -0.25) is 34.0 Å². The predicted molar refractivity (Wildman–Crippen MR) is 118 cm³/mol. The largest absolute Gasteiger partial charge is 0.465 e. The van der Waals surface area contributed by atoms with Gasteiger partial charge in [0.2, 0.25) is 11.9 Å². The van der Waals surface area contributed by atoms with Crippen LogP contribution in [0, 0.1) is 18.3 Å². The molecule has 0 spiro atoms. The Labute approximate surface area is 193 Å². The van der Waals surface area contributed by atoms with Gasteiger partial charge in [0.15, 0.2) is 17.4 Å². The summed E-state index contributed by atoms with van der Waals surface area (Å²) in [5.74, 6) is 0.287. The number of carbonyl (C=O) groups excluding carboxylic acids is 3. The highest BCUT2D eigenvalue weighted by molar-refractivity contribution is 5.87. The van der Waals surface area contributed by atoms with E-state index in [1.807, 2.05) is 0 Å². The van der Waals surface area contributed by atoms with Gasteiger partial charge in [-0.1, -0.05) is 12.8 Å². The molecule has 13 heteroatoms. The molecule has 1 fully saturated rings. The summed E-state index contributed by atoms with van der Waals surface area (Å²) in [5.41, 5.74) is -1.65. The lowest BCUT2D eigenvalue weighted by atomic mass is 10.0. The van der Waals surface area contributed by atoms with Crippen molar-refractivity contribution < 1.29 is 28.6 Å². The first-order valence-electron chi connectivity index (χ1n) is 10.5. The molecule has 0 aliphatic carbocycles. The van der Waals surface area contributed by atoms with E-state index < -0.39 is 47.5 Å². The number of aromatic amines is 1. The SMILES string of the molecule is C#CCn1c(=O)n([C@@H]2O[C@H]([C@@H](C)COC(C)=O)C[C@H]2OC(C)=O)c2nc(NC(C)=O)[nH]c(=O)c21. The third-order valence-electron chi connectivity index (χ3n) is 5.21. The number of terminal acetylenes is 1. The Balaban J connectivity index is 2.15. The van der Waals surface area contributed by atoms with Crippen LogP contribution in [0.5, 0.6) is 0 Å². The topological polar surface area (TPSA) is 164 Å². The molecule has 1 aliphatic rings. The van der Waals surface area contributed by atoms with Gasteiger partial charge in [0, 0.05) is 33.1 Å². The summed E-state index contributed by atoms with van der Waals surface area (Å²) in [6, 6.07) is 0. The normalized spacial score (nSPS) is 20.5. The van der Waals surface area contributed by atoms with Gasteiger partial charge >= 0.3 is 17.6 Å². The van der Waals surface area contributed by atoms with Gasteiger partial charge in [0.1, 0.15) is 6.10 Å². The number of hydrogen-bond acceptors (Lipinski definition) is 9. The Kier molecular flexibility index (Phi) is 7.21. The van der Waals surface area contributed by atoms with Crippen molar-refractivity contribution in [3.05, 3.63) is 20.8 Å². The summed E-state index contributed by atoms with van der Waals surface area (Å²) in [6.07, 6.45) is 2.98. The minimum absolute atomic E-state index is 0.0534. The van der Waals surface area contributed by atoms with Crippen LogP contribution in [-0.2, 0) is 35.1 Å². The third-order valence-corrected chi connectivity index (χ3v) is 5.21. The monoisotopic (exact) mass is 475 g/mol. The molecule has 0 saturated carbocycles. The standard InChI is InChI=1S/C21H25N5O8/c1-6-7-25-16-17(23-20(22-11(3)27)24-18(16)30)26(21(25)31)19-15(33-13(5)29)8-14(34-19)10(2)9-32-12(4)28/h1,10,14-15,19H,7-9H2,2-5H3,(H2,22,23,24,27,30)/t10-,14-,15+,19+/m0/s1. The second kappa shape index (κ2) is 9.92. The average Bonchev–Trinajstić information content (AvgIpc) is 3.24. The van der Waals surface area contributed by atoms with Crippen molar-refractivity contribution >= 4 is 35.0 Å². The number of amides is 1. The summed E-state index contributed by atoms with van der Waals surface area (Å²) >= 11 is 0. The predicted octanol–water partition coefficient (Wildman–Crippen LogP) is -0.104. The van der Waals surface area contributed by atoms with Crippen LogP contribution < -0.4 is 16.6 Å². The fourth-order valence-corrected chi connectivity index (χ4v) is 3.81. The Morgan fingerprint density at radius 3 is 2.59 bits per heavy atom. The molecule has 2 N–H and O–H groups in total. The number of nitrogens with zero attached hydrogens (tertiary/aromatic N) is 3. The van der Waals surface area contributed by atoms with E-state index in [-0.39, 0.29) is 42.6 Å². The first kappa shape index (κ1) is 24.7. The minimum Gasteiger partial charge on any atom is -0.465 e. The molecule has 0 bridgehead atoms. The van der Waals surface area contributed by atoms with Crippen molar-refractivity contribution in [2.24, 2.45) is 5.92 Å². The lowest BCUT2D eigenvalue weighted by Crippen LogP contribution is -2.33. The van der Waals surface area contributed by atoms with Crippen LogP contribution in [0.2, 0.25) is 0 Å². The molecule has 4 atom stereocenters. The number of carbonyl (C=O) groups is 3. The summed E-state index contributed by atoms with van der Waals surface area (Å²) < 4.78 is 18.7. The average molecular weight is 475 g/mol. The maximum absolute atomic E-state index is 13.3. The van der Waals surface area contributed by atoms with Crippen LogP contribution >= 0.6 is 0 Å². The van der Waals surface area contributed by atoms with Crippen LogP contribution in [0.25, 0.3) is 11.2 Å². The van der Waals surface area contributed by atoms with Gasteiger partial charge in [-0.2, -0.15) is 4.98 Å². The van der Waals surface area contributed by atoms with E-state index in [2.05, 4.69) is 21.2 Å². The molecule has 3 heterocycles. The van der Waals surface area contributed by atoms with E-state index in [4.69, 9.17) is 20.6 Å². The van der Waals surface area contributed by atoms with E-state index in [0.29, 0.717) is 0 Å². The zero-order chi connectivity index (χ0) is 25.2. The molecule has 1 saturated heterocycles. The number of rotatable bonds is 7. The van der Waals surface area contributed by atoms with Crippen molar-refractivity contribution in [1.29, 1.82) is 0 Å². The fraction of sp³-hybridized carbons (Fsp3) is 0.524. The number of ether oxygens (including phenoxy) is 3. The molecular formula is C21H25N5O8. The summed E-state index contributed by atoms with van der Waals surface area (Å²) in [5, 5.41) is 2.37. The first-order chi connectivity index (χ1) is 16.0. The number of esters is 2. The maximum atomic E-state index is 13.3. The minimum atomic E-state index is -1.15. The van der Waals surface area contributed by atoms with Gasteiger partial charge in [0.05, 0.1) is 19.3 Å².